The molecule has 0 heterocycles. The van der Waals surface area contributed by atoms with Gasteiger partial charge in [-0.2, -0.15) is 0 Å². The van der Waals surface area contributed by atoms with Gasteiger partial charge in [0.2, 0.25) is 0 Å². The number of benzene rings is 3. The van der Waals surface area contributed by atoms with Crippen LogP contribution in [0.4, 0.5) is 11.4 Å². The molecule has 3 aromatic carbocycles. The first-order valence-corrected chi connectivity index (χ1v) is 10.5. The Morgan fingerprint density at radius 2 is 1.57 bits per heavy atom. The third-order valence-electron chi connectivity index (χ3n) is 4.34. The van der Waals surface area contributed by atoms with E-state index < -0.39 is 10.0 Å². The lowest BCUT2D eigenvalue weighted by Gasteiger charge is -2.11. The average Bonchev–Trinajstić information content (AvgIpc) is 2.70. The van der Waals surface area contributed by atoms with Crippen LogP contribution in [-0.2, 0) is 16.4 Å². The van der Waals surface area contributed by atoms with Crippen LogP contribution < -0.4 is 14.8 Å². The normalized spacial score (nSPS) is 11.1. The van der Waals surface area contributed by atoms with E-state index in [1.54, 1.807) is 37.4 Å². The SMILES string of the molecule is COc1ccc(CCNc2ccc(NS(=O)(=O)c3cccc(C)c3)cc2)cc1. The second-order valence-corrected chi connectivity index (χ2v) is 8.21. The van der Waals surface area contributed by atoms with Crippen LogP contribution in [0.3, 0.4) is 0 Å². The van der Waals surface area contributed by atoms with E-state index in [-0.39, 0.29) is 4.90 Å². The zero-order valence-electron chi connectivity index (χ0n) is 16.0. The summed E-state index contributed by atoms with van der Waals surface area (Å²) in [6, 6.07) is 22.1. The summed E-state index contributed by atoms with van der Waals surface area (Å²) in [5, 5.41) is 3.34. The van der Waals surface area contributed by atoms with Gasteiger partial charge in [-0.05, 0) is 73.0 Å². The number of anilines is 2. The van der Waals surface area contributed by atoms with Crippen molar-refractivity contribution in [3.8, 4) is 5.75 Å². The standard InChI is InChI=1S/C22H24N2O3S/c1-17-4-3-5-22(16-17)28(25,26)24-20-10-8-19(9-11-20)23-15-14-18-6-12-21(27-2)13-7-18/h3-13,16,23-24H,14-15H2,1-2H3. The van der Waals surface area contributed by atoms with E-state index >= 15 is 0 Å². The van der Waals surface area contributed by atoms with E-state index in [4.69, 9.17) is 4.74 Å². The highest BCUT2D eigenvalue weighted by molar-refractivity contribution is 7.92. The Labute approximate surface area is 166 Å². The molecular weight excluding hydrogens is 372 g/mol. The van der Waals surface area contributed by atoms with Crippen LogP contribution in [0.2, 0.25) is 0 Å². The molecule has 0 bridgehead atoms. The lowest BCUT2D eigenvalue weighted by atomic mass is 10.1. The summed E-state index contributed by atoms with van der Waals surface area (Å²) in [4.78, 5) is 0.259. The van der Waals surface area contributed by atoms with E-state index in [0.717, 1.165) is 30.0 Å². The quantitative estimate of drug-likeness (QED) is 0.590. The third kappa shape index (κ3) is 5.27. The van der Waals surface area contributed by atoms with Crippen molar-refractivity contribution < 1.29 is 13.2 Å². The van der Waals surface area contributed by atoms with Gasteiger partial charge in [0.15, 0.2) is 0 Å². The van der Waals surface area contributed by atoms with Gasteiger partial charge in [0.05, 0.1) is 12.0 Å². The van der Waals surface area contributed by atoms with Crippen molar-refractivity contribution in [3.05, 3.63) is 83.9 Å². The molecule has 0 fully saturated rings. The molecule has 0 aliphatic carbocycles. The molecule has 2 N–H and O–H groups in total. The highest BCUT2D eigenvalue weighted by Gasteiger charge is 2.13. The monoisotopic (exact) mass is 396 g/mol. The van der Waals surface area contributed by atoms with Crippen molar-refractivity contribution in [1.29, 1.82) is 0 Å². The summed E-state index contributed by atoms with van der Waals surface area (Å²) < 4.78 is 32.7. The Hall–Kier alpha value is -2.99. The Balaban J connectivity index is 1.55. The summed E-state index contributed by atoms with van der Waals surface area (Å²) in [6.07, 6.45) is 0.881. The highest BCUT2D eigenvalue weighted by Crippen LogP contribution is 2.19. The van der Waals surface area contributed by atoms with Crippen LogP contribution >= 0.6 is 0 Å². The predicted octanol–water partition coefficient (Wildman–Crippen LogP) is 4.46. The molecular formula is C22H24N2O3S. The van der Waals surface area contributed by atoms with Gasteiger partial charge in [-0.3, -0.25) is 4.72 Å². The van der Waals surface area contributed by atoms with Crippen LogP contribution in [0.5, 0.6) is 5.75 Å². The average molecular weight is 397 g/mol. The zero-order valence-corrected chi connectivity index (χ0v) is 16.8. The minimum absolute atomic E-state index is 0.259. The maximum Gasteiger partial charge on any atom is 0.261 e. The minimum atomic E-state index is -3.59. The number of hydrogen-bond donors (Lipinski definition) is 2. The first kappa shape index (κ1) is 19.8. The van der Waals surface area contributed by atoms with E-state index in [2.05, 4.69) is 10.0 Å². The molecule has 5 nitrogen and oxygen atoms in total. The fourth-order valence-electron chi connectivity index (χ4n) is 2.80. The molecule has 146 valence electrons. The van der Waals surface area contributed by atoms with Crippen molar-refractivity contribution in [2.45, 2.75) is 18.2 Å². The molecule has 0 aliphatic rings. The first-order valence-electron chi connectivity index (χ1n) is 9.03. The van der Waals surface area contributed by atoms with Crippen LogP contribution in [0, 0.1) is 6.92 Å². The van der Waals surface area contributed by atoms with Crippen LogP contribution in [0.1, 0.15) is 11.1 Å². The molecule has 0 saturated carbocycles. The smallest absolute Gasteiger partial charge is 0.261 e. The first-order chi connectivity index (χ1) is 13.5. The van der Waals surface area contributed by atoms with Crippen molar-refractivity contribution in [2.24, 2.45) is 0 Å². The summed E-state index contributed by atoms with van der Waals surface area (Å²) in [6.45, 7) is 2.64. The van der Waals surface area contributed by atoms with Gasteiger partial charge in [-0.1, -0.05) is 24.3 Å². The lowest BCUT2D eigenvalue weighted by Crippen LogP contribution is -2.13. The van der Waals surface area contributed by atoms with Gasteiger partial charge in [-0.15, -0.1) is 0 Å². The number of ether oxygens (including phenoxy) is 1. The number of hydrogen-bond acceptors (Lipinski definition) is 4. The highest BCUT2D eigenvalue weighted by atomic mass is 32.2. The molecule has 28 heavy (non-hydrogen) atoms. The van der Waals surface area contributed by atoms with Gasteiger partial charge in [0.25, 0.3) is 10.0 Å². The molecule has 0 atom stereocenters. The lowest BCUT2D eigenvalue weighted by molar-refractivity contribution is 0.414. The maximum absolute atomic E-state index is 12.5. The molecule has 0 spiro atoms. The fourth-order valence-corrected chi connectivity index (χ4v) is 3.96. The Morgan fingerprint density at radius 1 is 0.893 bits per heavy atom. The van der Waals surface area contributed by atoms with Crippen molar-refractivity contribution >= 4 is 21.4 Å². The van der Waals surface area contributed by atoms with Crippen molar-refractivity contribution in [1.82, 2.24) is 0 Å². The van der Waals surface area contributed by atoms with Gasteiger partial charge < -0.3 is 10.1 Å². The molecule has 0 radical (unpaired) electrons. The Kier molecular flexibility index (Phi) is 6.21. The number of nitrogens with one attached hydrogen (secondary N) is 2. The van der Waals surface area contributed by atoms with E-state index in [1.807, 2.05) is 49.4 Å². The molecule has 0 unspecified atom stereocenters. The largest absolute Gasteiger partial charge is 0.497 e. The van der Waals surface area contributed by atoms with Crippen molar-refractivity contribution in [2.75, 3.05) is 23.7 Å². The molecule has 0 aliphatic heterocycles. The van der Waals surface area contributed by atoms with Gasteiger partial charge >= 0.3 is 0 Å². The molecule has 0 amide bonds. The Bertz CT molecular complexity index is 1010. The molecule has 3 aromatic rings. The van der Waals surface area contributed by atoms with Crippen LogP contribution in [-0.4, -0.2) is 22.1 Å². The molecule has 0 saturated heterocycles. The number of methoxy groups -OCH3 is 1. The second-order valence-electron chi connectivity index (χ2n) is 6.52. The summed E-state index contributed by atoms with van der Waals surface area (Å²) >= 11 is 0. The van der Waals surface area contributed by atoms with E-state index in [1.165, 1.54) is 5.56 Å². The van der Waals surface area contributed by atoms with Crippen LogP contribution in [0.25, 0.3) is 0 Å². The zero-order chi connectivity index (χ0) is 20.0. The minimum Gasteiger partial charge on any atom is -0.497 e. The topological polar surface area (TPSA) is 67.4 Å². The maximum atomic E-state index is 12.5. The number of aryl methyl sites for hydroxylation is 1. The third-order valence-corrected chi connectivity index (χ3v) is 5.72. The fraction of sp³-hybridized carbons (Fsp3) is 0.182. The van der Waals surface area contributed by atoms with E-state index in [0.29, 0.717) is 5.69 Å². The number of rotatable bonds is 8. The molecule has 0 aromatic heterocycles. The summed E-state index contributed by atoms with van der Waals surface area (Å²) in [7, 11) is -1.93. The predicted molar refractivity (Wildman–Crippen MR) is 114 cm³/mol. The summed E-state index contributed by atoms with van der Waals surface area (Å²) in [5.74, 6) is 0.848. The summed E-state index contributed by atoms with van der Waals surface area (Å²) in [5.41, 5.74) is 3.59. The van der Waals surface area contributed by atoms with Crippen LogP contribution in [0.15, 0.2) is 77.7 Å². The van der Waals surface area contributed by atoms with E-state index in [9.17, 15) is 8.42 Å². The van der Waals surface area contributed by atoms with Gasteiger partial charge in [-0.25, -0.2) is 8.42 Å². The van der Waals surface area contributed by atoms with Crippen molar-refractivity contribution in [3.63, 3.8) is 0 Å². The molecule has 6 heteroatoms. The van der Waals surface area contributed by atoms with Gasteiger partial charge in [0, 0.05) is 17.9 Å². The van der Waals surface area contributed by atoms with Gasteiger partial charge in [0.1, 0.15) is 5.75 Å². The number of sulfonamides is 1. The molecule has 3 rings (SSSR count). The second kappa shape index (κ2) is 8.80. The Morgan fingerprint density at radius 3 is 2.21 bits per heavy atom.